The standard InChI is InChI=1S/C25H36N8O4/c1-25(2,3)15-6-8-16(9-7-15)31-24(36)27-10-5-11-32(4)12-17-19(34)20(35)23(37-17)33-14-30-18-21(26)28-13-29-22(18)33/h6-9,13-14,17,19-20,23,34-35H,5,10-12H2,1-4H3,(H2,26,28,29)(H2,27,31,36)/p+1/t17-,19-,20-,23-/m1/s1. The lowest BCUT2D eigenvalue weighted by Crippen LogP contribution is -3.10. The maximum Gasteiger partial charge on any atom is 0.319 e. The minimum absolute atomic E-state index is 0.0606. The van der Waals surface area contributed by atoms with E-state index in [1.807, 2.05) is 31.3 Å². The molecule has 4 rings (SSSR count). The third-order valence-electron chi connectivity index (χ3n) is 6.62. The minimum Gasteiger partial charge on any atom is -0.387 e. The van der Waals surface area contributed by atoms with Gasteiger partial charge in [-0.25, -0.2) is 19.7 Å². The highest BCUT2D eigenvalue weighted by Gasteiger charge is 2.45. The summed E-state index contributed by atoms with van der Waals surface area (Å²) in [5.41, 5.74) is 8.70. The summed E-state index contributed by atoms with van der Waals surface area (Å²) in [5.74, 6) is 0.234. The predicted molar refractivity (Wildman–Crippen MR) is 139 cm³/mol. The highest BCUT2D eigenvalue weighted by molar-refractivity contribution is 5.89. The van der Waals surface area contributed by atoms with Gasteiger partial charge in [-0.2, -0.15) is 0 Å². The molecule has 0 aliphatic carbocycles. The number of amides is 2. The summed E-state index contributed by atoms with van der Waals surface area (Å²) in [5, 5.41) is 27.0. The van der Waals surface area contributed by atoms with Crippen LogP contribution in [0.2, 0.25) is 0 Å². The Morgan fingerprint density at radius 3 is 2.59 bits per heavy atom. The second kappa shape index (κ2) is 11.0. The number of carbonyl (C=O) groups is 1. The lowest BCUT2D eigenvalue weighted by Gasteiger charge is -2.20. The van der Waals surface area contributed by atoms with Crippen LogP contribution in [-0.2, 0) is 10.2 Å². The third kappa shape index (κ3) is 6.16. The van der Waals surface area contributed by atoms with Gasteiger partial charge in [0.25, 0.3) is 0 Å². The molecule has 1 aliphatic rings. The number of urea groups is 1. The molecule has 1 unspecified atom stereocenters. The molecule has 12 nitrogen and oxygen atoms in total. The molecule has 7 N–H and O–H groups in total. The average molecular weight is 514 g/mol. The van der Waals surface area contributed by atoms with E-state index < -0.39 is 24.5 Å². The number of anilines is 2. The van der Waals surface area contributed by atoms with Crippen LogP contribution in [0.5, 0.6) is 0 Å². The second-order valence-corrected chi connectivity index (χ2v) is 10.6. The first-order chi connectivity index (χ1) is 17.5. The van der Waals surface area contributed by atoms with Crippen molar-refractivity contribution in [2.45, 2.75) is 57.1 Å². The maximum absolute atomic E-state index is 12.2. The van der Waals surface area contributed by atoms with Gasteiger partial charge in [0.1, 0.15) is 36.7 Å². The molecule has 2 amide bonds. The quantitative estimate of drug-likeness (QED) is 0.230. The molecule has 3 heterocycles. The molecular formula is C25H37N8O4+. The van der Waals surface area contributed by atoms with Gasteiger partial charge in [-0.05, 0) is 23.1 Å². The molecule has 0 bridgehead atoms. The van der Waals surface area contributed by atoms with E-state index in [1.165, 1.54) is 18.2 Å². The zero-order valence-electron chi connectivity index (χ0n) is 21.7. The van der Waals surface area contributed by atoms with Gasteiger partial charge < -0.3 is 36.2 Å². The first-order valence-electron chi connectivity index (χ1n) is 12.5. The van der Waals surface area contributed by atoms with Gasteiger partial charge >= 0.3 is 6.03 Å². The SMILES string of the molecule is C[NH+](CCCNC(=O)Nc1ccc(C(C)(C)C)cc1)C[C@H]1O[C@@H](n2cnc3c(N)ncnc32)[C@H](O)[C@@H]1O. The fourth-order valence-corrected chi connectivity index (χ4v) is 4.45. The number of nitrogen functional groups attached to an aromatic ring is 1. The predicted octanol–water partition coefficient (Wildman–Crippen LogP) is 0.0517. The molecule has 0 radical (unpaired) electrons. The van der Waals surface area contributed by atoms with Gasteiger partial charge in [-0.15, -0.1) is 0 Å². The Morgan fingerprint density at radius 1 is 1.16 bits per heavy atom. The van der Waals surface area contributed by atoms with Crippen molar-refractivity contribution in [3.8, 4) is 0 Å². The van der Waals surface area contributed by atoms with Crippen molar-refractivity contribution in [2.75, 3.05) is 37.7 Å². The lowest BCUT2D eigenvalue weighted by atomic mass is 9.87. The number of imidazole rings is 1. The van der Waals surface area contributed by atoms with Crippen LogP contribution < -0.4 is 21.3 Å². The monoisotopic (exact) mass is 513 g/mol. The summed E-state index contributed by atoms with van der Waals surface area (Å²) < 4.78 is 7.58. The van der Waals surface area contributed by atoms with Crippen LogP contribution in [0.3, 0.4) is 0 Å². The maximum atomic E-state index is 12.2. The van der Waals surface area contributed by atoms with Gasteiger partial charge in [0.15, 0.2) is 17.7 Å². The zero-order chi connectivity index (χ0) is 26.7. The second-order valence-electron chi connectivity index (χ2n) is 10.6. The number of quaternary nitrogens is 1. The van der Waals surface area contributed by atoms with Crippen molar-refractivity contribution < 1.29 is 24.6 Å². The third-order valence-corrected chi connectivity index (χ3v) is 6.62. The van der Waals surface area contributed by atoms with Crippen LogP contribution in [0.4, 0.5) is 16.3 Å². The Kier molecular flexibility index (Phi) is 7.93. The molecule has 1 fully saturated rings. The molecule has 0 spiro atoms. The number of hydrogen-bond acceptors (Lipinski definition) is 8. The number of likely N-dealkylation sites (N-methyl/N-ethyl adjacent to an activating group) is 1. The summed E-state index contributed by atoms with van der Waals surface area (Å²) >= 11 is 0. The van der Waals surface area contributed by atoms with Crippen molar-refractivity contribution in [3.63, 3.8) is 0 Å². The number of nitrogens with one attached hydrogen (secondary N) is 3. The molecule has 3 aromatic rings. The Balaban J connectivity index is 1.21. The van der Waals surface area contributed by atoms with E-state index in [4.69, 9.17) is 10.5 Å². The number of ether oxygens (including phenoxy) is 1. The lowest BCUT2D eigenvalue weighted by molar-refractivity contribution is -0.883. The van der Waals surface area contributed by atoms with Crippen molar-refractivity contribution in [2.24, 2.45) is 0 Å². The van der Waals surface area contributed by atoms with Gasteiger partial charge in [0.05, 0.1) is 19.9 Å². The zero-order valence-corrected chi connectivity index (χ0v) is 21.7. The first kappa shape index (κ1) is 26.7. The van der Waals surface area contributed by atoms with Gasteiger partial charge in [-0.3, -0.25) is 4.57 Å². The topological polar surface area (TPSA) is 165 Å². The first-order valence-corrected chi connectivity index (χ1v) is 12.5. The van der Waals surface area contributed by atoms with Crippen molar-refractivity contribution in [1.82, 2.24) is 24.8 Å². The van der Waals surface area contributed by atoms with Gasteiger partial charge in [-0.1, -0.05) is 32.9 Å². The van der Waals surface area contributed by atoms with Gasteiger partial charge in [0, 0.05) is 18.7 Å². The summed E-state index contributed by atoms with van der Waals surface area (Å²) in [7, 11) is 1.98. The number of nitrogens with zero attached hydrogens (tertiary/aromatic N) is 4. The molecule has 1 aromatic carbocycles. The Bertz CT molecular complexity index is 1210. The van der Waals surface area contributed by atoms with E-state index in [2.05, 4.69) is 46.4 Å². The molecular weight excluding hydrogens is 476 g/mol. The van der Waals surface area contributed by atoms with Crippen LogP contribution in [0.15, 0.2) is 36.9 Å². The largest absolute Gasteiger partial charge is 0.387 e. The highest BCUT2D eigenvalue weighted by atomic mass is 16.6. The van der Waals surface area contributed by atoms with E-state index in [9.17, 15) is 15.0 Å². The molecule has 2 aromatic heterocycles. The Hall–Kier alpha value is -3.32. The van der Waals surface area contributed by atoms with E-state index in [0.717, 1.165) is 23.6 Å². The number of benzene rings is 1. The summed E-state index contributed by atoms with van der Waals surface area (Å²) in [6.07, 6.45) is -0.0946. The molecule has 1 saturated heterocycles. The molecule has 5 atom stereocenters. The fourth-order valence-electron chi connectivity index (χ4n) is 4.45. The van der Waals surface area contributed by atoms with Crippen molar-refractivity contribution in [3.05, 3.63) is 42.5 Å². The van der Waals surface area contributed by atoms with E-state index in [-0.39, 0.29) is 17.3 Å². The summed E-state index contributed by atoms with van der Waals surface area (Å²) in [4.78, 5) is 25.6. The number of fused-ring (bicyclic) bond motifs is 1. The fraction of sp³-hybridized carbons (Fsp3) is 0.520. The smallest absolute Gasteiger partial charge is 0.319 e. The van der Waals surface area contributed by atoms with Gasteiger partial charge in [0.2, 0.25) is 0 Å². The average Bonchev–Trinajstić information content (AvgIpc) is 3.39. The Morgan fingerprint density at radius 2 is 1.89 bits per heavy atom. The molecule has 0 saturated carbocycles. The van der Waals surface area contributed by atoms with E-state index in [1.54, 1.807) is 4.57 Å². The van der Waals surface area contributed by atoms with Crippen LogP contribution in [0.1, 0.15) is 39.0 Å². The van der Waals surface area contributed by atoms with E-state index in [0.29, 0.717) is 24.3 Å². The number of aliphatic hydroxyl groups is 2. The number of nitrogens with two attached hydrogens (primary N) is 1. The van der Waals surface area contributed by atoms with Crippen LogP contribution in [0.25, 0.3) is 11.2 Å². The number of rotatable bonds is 8. The van der Waals surface area contributed by atoms with Crippen LogP contribution in [-0.4, -0.2) is 80.8 Å². The molecule has 1 aliphatic heterocycles. The highest BCUT2D eigenvalue weighted by Crippen LogP contribution is 2.31. The van der Waals surface area contributed by atoms with Crippen LogP contribution >= 0.6 is 0 Å². The molecule has 200 valence electrons. The van der Waals surface area contributed by atoms with Crippen molar-refractivity contribution >= 4 is 28.7 Å². The normalized spacial score (nSPS) is 22.8. The molecule has 12 heteroatoms. The van der Waals surface area contributed by atoms with Crippen LogP contribution in [0, 0.1) is 0 Å². The van der Waals surface area contributed by atoms with E-state index >= 15 is 0 Å². The summed E-state index contributed by atoms with van der Waals surface area (Å²) in [6, 6.07) is 7.60. The Labute approximate surface area is 215 Å². The number of aliphatic hydroxyl groups excluding tert-OH is 2. The number of aromatic nitrogens is 4. The minimum atomic E-state index is -1.14. The summed E-state index contributed by atoms with van der Waals surface area (Å²) in [6.45, 7) is 8.17. The number of carbonyl (C=O) groups excluding carboxylic acids is 1. The number of hydrogen-bond donors (Lipinski definition) is 6. The molecule has 37 heavy (non-hydrogen) atoms. The van der Waals surface area contributed by atoms with Crippen molar-refractivity contribution in [1.29, 1.82) is 0 Å².